The lowest BCUT2D eigenvalue weighted by Gasteiger charge is -2.13. The summed E-state index contributed by atoms with van der Waals surface area (Å²) in [6.07, 6.45) is 2.97. The Kier molecular flexibility index (Phi) is 5.87. The van der Waals surface area contributed by atoms with Gasteiger partial charge < -0.3 is 13.7 Å². The molecule has 0 N–H and O–H groups in total. The number of carbonyl (C=O) groups excluding carboxylic acids is 1. The van der Waals surface area contributed by atoms with Crippen LogP contribution in [0.3, 0.4) is 0 Å². The second-order valence-corrected chi connectivity index (χ2v) is 7.87. The van der Waals surface area contributed by atoms with Crippen molar-refractivity contribution in [1.82, 2.24) is 18.7 Å². The number of ether oxygens (including phenoxy) is 1. The second-order valence-electron chi connectivity index (χ2n) is 7.87. The average Bonchev–Trinajstić information content (AvgIpc) is 3.44. The van der Waals surface area contributed by atoms with Gasteiger partial charge in [-0.1, -0.05) is 32.1 Å². The normalized spacial score (nSPS) is 11.3. The van der Waals surface area contributed by atoms with Crippen LogP contribution in [0.25, 0.3) is 16.9 Å². The van der Waals surface area contributed by atoms with Gasteiger partial charge in [0.2, 0.25) is 5.76 Å². The zero-order valence-electron chi connectivity index (χ0n) is 18.6. The number of methoxy groups -OCH3 is 1. The number of hydrogen-bond donors (Lipinski definition) is 0. The van der Waals surface area contributed by atoms with Gasteiger partial charge in [-0.2, -0.15) is 0 Å². The topological polar surface area (TPSA) is 101 Å². The summed E-state index contributed by atoms with van der Waals surface area (Å²) in [5.74, 6) is 0.239. The Balaban J connectivity index is 1.89. The van der Waals surface area contributed by atoms with Gasteiger partial charge >= 0.3 is 11.7 Å². The minimum atomic E-state index is -0.594. The number of allylic oxidation sites excluding steroid dienone is 1. The molecule has 0 aliphatic carbocycles. The fraction of sp³-hybridized carbons (Fsp3) is 0.250. The fourth-order valence-electron chi connectivity index (χ4n) is 3.67. The molecule has 0 fully saturated rings. The molecule has 0 saturated carbocycles. The largest absolute Gasteiger partial charge is 0.463 e. The highest BCUT2D eigenvalue weighted by atomic mass is 16.5. The molecule has 3 aromatic heterocycles. The van der Waals surface area contributed by atoms with Crippen molar-refractivity contribution in [2.45, 2.75) is 32.9 Å². The molecule has 170 valence electrons. The van der Waals surface area contributed by atoms with Crippen molar-refractivity contribution < 1.29 is 13.9 Å². The van der Waals surface area contributed by atoms with E-state index < -0.39 is 17.2 Å². The monoisotopic (exact) mass is 448 g/mol. The lowest BCUT2D eigenvalue weighted by atomic mass is 10.0. The molecule has 33 heavy (non-hydrogen) atoms. The van der Waals surface area contributed by atoms with E-state index in [9.17, 15) is 14.4 Å². The van der Waals surface area contributed by atoms with Gasteiger partial charge in [0.05, 0.1) is 25.7 Å². The molecule has 0 aliphatic heterocycles. The third-order valence-corrected chi connectivity index (χ3v) is 5.40. The van der Waals surface area contributed by atoms with Crippen molar-refractivity contribution in [2.75, 3.05) is 7.11 Å². The summed E-state index contributed by atoms with van der Waals surface area (Å²) in [5.41, 5.74) is 1.22. The standard InChI is InChI=1S/C24H24N4O5/c1-5-12-27-22(29)20-21(28(24(27)31)17-8-6-16(7-9-17)15(2)3)25-14-26(20)13-18-10-11-19(33-18)23(30)32-4/h5-11,14-15H,1,12-13H2,2-4H3. The molecule has 0 spiro atoms. The van der Waals surface area contributed by atoms with E-state index in [0.717, 1.165) is 10.1 Å². The van der Waals surface area contributed by atoms with Crippen molar-refractivity contribution in [2.24, 2.45) is 0 Å². The smallest absolute Gasteiger partial charge is 0.373 e. The summed E-state index contributed by atoms with van der Waals surface area (Å²) in [6, 6.07) is 10.7. The molecule has 9 heteroatoms. The van der Waals surface area contributed by atoms with Crippen molar-refractivity contribution in [3.05, 3.63) is 93.3 Å². The number of benzene rings is 1. The summed E-state index contributed by atoms with van der Waals surface area (Å²) < 4.78 is 14.3. The molecular weight excluding hydrogens is 424 g/mol. The highest BCUT2D eigenvalue weighted by molar-refractivity contribution is 5.86. The van der Waals surface area contributed by atoms with Crippen molar-refractivity contribution in [3.8, 4) is 5.69 Å². The molecule has 0 unspecified atom stereocenters. The number of rotatable bonds is 7. The molecule has 0 amide bonds. The van der Waals surface area contributed by atoms with E-state index >= 15 is 0 Å². The van der Waals surface area contributed by atoms with Crippen LogP contribution in [-0.4, -0.2) is 31.8 Å². The second kappa shape index (κ2) is 8.78. The van der Waals surface area contributed by atoms with Gasteiger partial charge in [0.1, 0.15) is 5.76 Å². The number of furan rings is 1. The molecule has 1 aromatic carbocycles. The lowest BCUT2D eigenvalue weighted by Crippen LogP contribution is -2.39. The van der Waals surface area contributed by atoms with Crippen LogP contribution in [0.15, 0.2) is 69.4 Å². The molecular formula is C24H24N4O5. The average molecular weight is 448 g/mol. The Hall–Kier alpha value is -4.14. The first-order chi connectivity index (χ1) is 15.8. The van der Waals surface area contributed by atoms with Crippen LogP contribution in [0.5, 0.6) is 0 Å². The van der Waals surface area contributed by atoms with Crippen LogP contribution in [0.4, 0.5) is 0 Å². The summed E-state index contributed by atoms with van der Waals surface area (Å²) in [7, 11) is 1.27. The maximum Gasteiger partial charge on any atom is 0.373 e. The molecule has 4 rings (SSSR count). The third-order valence-electron chi connectivity index (χ3n) is 5.40. The van der Waals surface area contributed by atoms with E-state index in [4.69, 9.17) is 4.42 Å². The third kappa shape index (κ3) is 3.93. The Labute approximate surface area is 189 Å². The quantitative estimate of drug-likeness (QED) is 0.318. The molecule has 0 atom stereocenters. The van der Waals surface area contributed by atoms with Gasteiger partial charge in [-0.05, 0) is 35.7 Å². The SMILES string of the molecule is C=CCn1c(=O)c2c(ncn2Cc2ccc(C(=O)OC)o2)n(-c2ccc(C(C)C)cc2)c1=O. The number of carbonyl (C=O) groups is 1. The van der Waals surface area contributed by atoms with Crippen LogP contribution in [0, 0.1) is 0 Å². The predicted molar refractivity (Wildman–Crippen MR) is 123 cm³/mol. The summed E-state index contributed by atoms with van der Waals surface area (Å²) in [6.45, 7) is 8.04. The summed E-state index contributed by atoms with van der Waals surface area (Å²) in [5, 5.41) is 0. The van der Waals surface area contributed by atoms with Gasteiger partial charge in [-0.25, -0.2) is 19.1 Å². The van der Waals surface area contributed by atoms with E-state index in [1.807, 2.05) is 24.3 Å². The Morgan fingerprint density at radius 1 is 1.18 bits per heavy atom. The van der Waals surface area contributed by atoms with Gasteiger partial charge in [0.15, 0.2) is 11.2 Å². The van der Waals surface area contributed by atoms with E-state index in [-0.39, 0.29) is 30.0 Å². The summed E-state index contributed by atoms with van der Waals surface area (Å²) in [4.78, 5) is 42.5. The minimum absolute atomic E-state index is 0.0517. The van der Waals surface area contributed by atoms with Crippen LogP contribution >= 0.6 is 0 Å². The first-order valence-electron chi connectivity index (χ1n) is 10.4. The maximum absolute atomic E-state index is 13.3. The number of aromatic nitrogens is 4. The Morgan fingerprint density at radius 3 is 2.55 bits per heavy atom. The molecule has 0 saturated heterocycles. The first kappa shape index (κ1) is 22.1. The minimum Gasteiger partial charge on any atom is -0.463 e. The molecule has 3 heterocycles. The van der Waals surface area contributed by atoms with Gasteiger partial charge in [-0.15, -0.1) is 6.58 Å². The van der Waals surface area contributed by atoms with Crippen LogP contribution < -0.4 is 11.2 Å². The Bertz CT molecular complexity index is 1450. The first-order valence-corrected chi connectivity index (χ1v) is 10.4. The maximum atomic E-state index is 13.3. The molecule has 9 nitrogen and oxygen atoms in total. The molecule has 0 aliphatic rings. The van der Waals surface area contributed by atoms with E-state index in [2.05, 4.69) is 30.1 Å². The van der Waals surface area contributed by atoms with Crippen LogP contribution in [-0.2, 0) is 17.8 Å². The van der Waals surface area contributed by atoms with Gasteiger partial charge in [-0.3, -0.25) is 9.36 Å². The lowest BCUT2D eigenvalue weighted by molar-refractivity contribution is 0.0563. The van der Waals surface area contributed by atoms with E-state index in [0.29, 0.717) is 17.4 Å². The zero-order valence-corrected chi connectivity index (χ0v) is 18.6. The van der Waals surface area contributed by atoms with Crippen LogP contribution in [0.2, 0.25) is 0 Å². The van der Waals surface area contributed by atoms with Gasteiger partial charge in [0.25, 0.3) is 5.56 Å². The number of hydrogen-bond acceptors (Lipinski definition) is 6. The summed E-state index contributed by atoms with van der Waals surface area (Å²) >= 11 is 0. The number of nitrogens with zero attached hydrogens (tertiary/aromatic N) is 4. The number of imidazole rings is 1. The molecule has 0 bridgehead atoms. The molecule has 4 aromatic rings. The highest BCUT2D eigenvalue weighted by Gasteiger charge is 2.20. The fourth-order valence-corrected chi connectivity index (χ4v) is 3.67. The van der Waals surface area contributed by atoms with Crippen molar-refractivity contribution in [3.63, 3.8) is 0 Å². The van der Waals surface area contributed by atoms with Gasteiger partial charge in [0, 0.05) is 6.54 Å². The van der Waals surface area contributed by atoms with Crippen LogP contribution in [0.1, 0.15) is 41.6 Å². The number of fused-ring (bicyclic) bond motifs is 1. The van der Waals surface area contributed by atoms with Crippen molar-refractivity contribution >= 4 is 17.1 Å². The van der Waals surface area contributed by atoms with E-state index in [1.165, 1.54) is 30.1 Å². The predicted octanol–water partition coefficient (Wildman–Crippen LogP) is 3.09. The molecule has 0 radical (unpaired) electrons. The zero-order chi connectivity index (χ0) is 23.7. The Morgan fingerprint density at radius 2 is 1.91 bits per heavy atom. The van der Waals surface area contributed by atoms with E-state index in [1.54, 1.807) is 10.6 Å². The van der Waals surface area contributed by atoms with Crippen molar-refractivity contribution in [1.29, 1.82) is 0 Å². The number of esters is 1. The highest BCUT2D eigenvalue weighted by Crippen LogP contribution is 2.19.